The number of aromatic amines is 1. The van der Waals surface area contributed by atoms with Crippen molar-refractivity contribution < 1.29 is 27.6 Å². The zero-order valence-electron chi connectivity index (χ0n) is 15.5. The summed E-state index contributed by atoms with van der Waals surface area (Å²) in [5.74, 6) is -1.09. The summed E-state index contributed by atoms with van der Waals surface area (Å²) in [5, 5.41) is 0. The average Bonchev–Trinajstić information content (AvgIpc) is 3.11. The van der Waals surface area contributed by atoms with E-state index in [-0.39, 0.29) is 19.6 Å². The number of H-pyrrole nitrogens is 1. The van der Waals surface area contributed by atoms with E-state index >= 15 is 0 Å². The second-order valence-electron chi connectivity index (χ2n) is 6.94. The number of rotatable bonds is 6. The molecule has 0 aliphatic carbocycles. The Morgan fingerprint density at radius 2 is 2.07 bits per heavy atom. The molecule has 0 radical (unpaired) electrons. The Morgan fingerprint density at radius 1 is 1.28 bits per heavy atom. The number of ether oxygens (including phenoxy) is 1. The molecule has 2 fully saturated rings. The number of aryl methyl sites for hydroxylation is 1. The van der Waals surface area contributed by atoms with Gasteiger partial charge >= 0.3 is 165 Å². The molecule has 3 atom stereocenters. The summed E-state index contributed by atoms with van der Waals surface area (Å²) in [7, 11) is -3.82. The van der Waals surface area contributed by atoms with Gasteiger partial charge in [0.15, 0.2) is 0 Å². The summed E-state index contributed by atoms with van der Waals surface area (Å²) in [6.45, 7) is 0.299. The van der Waals surface area contributed by atoms with Gasteiger partial charge in [-0.25, -0.2) is 0 Å². The summed E-state index contributed by atoms with van der Waals surface area (Å²) in [5.41, 5.74) is -0.710. The molecule has 11 heteroatoms. The third kappa shape index (κ3) is 4.63. The first kappa shape index (κ1) is 20.3. The third-order valence-electron chi connectivity index (χ3n) is 4.88. The van der Waals surface area contributed by atoms with Crippen LogP contribution in [0.25, 0.3) is 0 Å². The van der Waals surface area contributed by atoms with Crippen molar-refractivity contribution in [3.05, 3.63) is 68.7 Å². The summed E-state index contributed by atoms with van der Waals surface area (Å²) in [6, 6.07) is 9.90. The number of hydrogen-bond acceptors (Lipinski definition) is 7. The minimum atomic E-state index is -3.82. The average molecular weight is 428 g/mol. The second-order valence-corrected chi connectivity index (χ2v) is 8.80. The van der Waals surface area contributed by atoms with Crippen LogP contribution in [0.3, 0.4) is 0 Å². The van der Waals surface area contributed by atoms with E-state index in [0.717, 1.165) is 17.2 Å². The minimum absolute atomic E-state index is 0.0309. The fourth-order valence-corrected chi connectivity index (χ4v) is 5.06. The fourth-order valence-electron chi connectivity index (χ4n) is 3.43. The van der Waals surface area contributed by atoms with Gasteiger partial charge in [-0.15, -0.1) is 0 Å². The summed E-state index contributed by atoms with van der Waals surface area (Å²) in [6.07, 6.45) is 0.510. The van der Waals surface area contributed by atoms with Gasteiger partial charge in [-0.1, -0.05) is 0 Å². The van der Waals surface area contributed by atoms with E-state index in [2.05, 4.69) is 0 Å². The Balaban J connectivity index is 1.33. The number of fused-ring (bicyclic) bond motifs is 1. The van der Waals surface area contributed by atoms with Crippen LogP contribution in [-0.4, -0.2) is 39.9 Å². The van der Waals surface area contributed by atoms with Crippen LogP contribution >= 0.6 is 8.17 Å². The zero-order valence-corrected chi connectivity index (χ0v) is 16.5. The molecular weight excluding hydrogens is 406 g/mol. The molecule has 1 aromatic carbocycles. The topological polar surface area (TPSA) is 112 Å². The molecule has 2 aliphatic heterocycles. The Kier molecular flexibility index (Phi) is 5.91. The van der Waals surface area contributed by atoms with E-state index in [0.29, 0.717) is 6.42 Å². The molecule has 29 heavy (non-hydrogen) atoms. The van der Waals surface area contributed by atoms with Crippen molar-refractivity contribution in [1.82, 2.24) is 9.55 Å². The molecule has 1 aromatic heterocycles. The SMILES string of the molecule is O=c1[nH]c(=O)n([C@H]2C[C@@H]3O[PH](O)(OCCCc4ccccc4)OC[C@H]3O2)cc1F. The molecule has 2 aliphatic rings. The van der Waals surface area contributed by atoms with Crippen LogP contribution in [0.1, 0.15) is 24.6 Å². The van der Waals surface area contributed by atoms with Crippen molar-refractivity contribution in [3.63, 3.8) is 0 Å². The van der Waals surface area contributed by atoms with Gasteiger partial charge in [-0.05, 0) is 0 Å². The van der Waals surface area contributed by atoms with E-state index in [1.54, 1.807) is 0 Å². The number of benzene rings is 1. The van der Waals surface area contributed by atoms with Gasteiger partial charge in [0.1, 0.15) is 0 Å². The number of nitrogens with zero attached hydrogens (tertiary/aromatic N) is 1. The Morgan fingerprint density at radius 3 is 2.86 bits per heavy atom. The van der Waals surface area contributed by atoms with Crippen LogP contribution in [0.2, 0.25) is 0 Å². The van der Waals surface area contributed by atoms with Crippen LogP contribution in [-0.2, 0) is 24.7 Å². The van der Waals surface area contributed by atoms with Crippen LogP contribution in [0.15, 0.2) is 46.1 Å². The quantitative estimate of drug-likeness (QED) is 0.529. The molecular formula is C18H22FN2O7P. The van der Waals surface area contributed by atoms with Gasteiger partial charge < -0.3 is 0 Å². The second kappa shape index (κ2) is 8.43. The fraction of sp³-hybridized carbons (Fsp3) is 0.444. The van der Waals surface area contributed by atoms with Crippen LogP contribution in [0, 0.1) is 5.82 Å². The van der Waals surface area contributed by atoms with Gasteiger partial charge in [0, 0.05) is 0 Å². The first-order valence-corrected chi connectivity index (χ1v) is 11.0. The molecule has 2 N–H and O–H groups in total. The number of nitrogens with one attached hydrogen (secondary N) is 1. The van der Waals surface area contributed by atoms with E-state index in [4.69, 9.17) is 18.3 Å². The molecule has 0 spiro atoms. The van der Waals surface area contributed by atoms with Crippen molar-refractivity contribution in [1.29, 1.82) is 0 Å². The molecule has 0 amide bonds. The van der Waals surface area contributed by atoms with Gasteiger partial charge in [-0.3, -0.25) is 0 Å². The van der Waals surface area contributed by atoms with Crippen molar-refractivity contribution in [3.8, 4) is 0 Å². The van der Waals surface area contributed by atoms with E-state index in [1.807, 2.05) is 35.3 Å². The Bertz CT molecular complexity index is 969. The number of halogens is 1. The predicted octanol–water partition coefficient (Wildman–Crippen LogP) is 1.43. The molecule has 3 heterocycles. The molecule has 0 bridgehead atoms. The number of hydrogen-bond donors (Lipinski definition) is 2. The van der Waals surface area contributed by atoms with E-state index in [9.17, 15) is 18.9 Å². The Labute approximate surface area is 165 Å². The molecule has 2 aromatic rings. The standard InChI is InChI=1S/C18H22FN2O7P/c19-13-10-21(18(23)20-17(13)22)16-9-14-15(27-16)11-26-29(24,28-14)25-8-4-7-12-5-2-1-3-6-12/h1-3,5-6,10,14-16,24,29H,4,7-9,11H2,(H,20,22,23)/t14-,15+,16+/m0/s1. The summed E-state index contributed by atoms with van der Waals surface area (Å²) >= 11 is 0. The van der Waals surface area contributed by atoms with Crippen LogP contribution < -0.4 is 11.2 Å². The third-order valence-corrected chi connectivity index (χ3v) is 6.58. The molecule has 0 saturated carbocycles. The molecule has 2 saturated heterocycles. The van der Waals surface area contributed by atoms with Crippen LogP contribution in [0.5, 0.6) is 0 Å². The number of aromatic nitrogens is 2. The first-order chi connectivity index (χ1) is 13.9. The van der Waals surface area contributed by atoms with Crippen molar-refractivity contribution in [2.75, 3.05) is 13.2 Å². The van der Waals surface area contributed by atoms with Gasteiger partial charge in [0.05, 0.1) is 0 Å². The van der Waals surface area contributed by atoms with Crippen molar-refractivity contribution in [2.45, 2.75) is 37.7 Å². The predicted molar refractivity (Wildman–Crippen MR) is 102 cm³/mol. The van der Waals surface area contributed by atoms with Crippen molar-refractivity contribution in [2.24, 2.45) is 0 Å². The van der Waals surface area contributed by atoms with Gasteiger partial charge in [0.25, 0.3) is 0 Å². The van der Waals surface area contributed by atoms with Crippen molar-refractivity contribution >= 4 is 8.17 Å². The maximum atomic E-state index is 13.5. The monoisotopic (exact) mass is 428 g/mol. The van der Waals surface area contributed by atoms with Crippen LogP contribution in [0.4, 0.5) is 4.39 Å². The Hall–Kier alpha value is -1.94. The molecule has 0 unspecified atom stereocenters. The summed E-state index contributed by atoms with van der Waals surface area (Å²) < 4.78 is 36.7. The zero-order chi connectivity index (χ0) is 20.4. The van der Waals surface area contributed by atoms with Gasteiger partial charge in [-0.2, -0.15) is 0 Å². The molecule has 9 nitrogen and oxygen atoms in total. The van der Waals surface area contributed by atoms with E-state index < -0.39 is 43.7 Å². The van der Waals surface area contributed by atoms with Gasteiger partial charge in [0.2, 0.25) is 0 Å². The normalized spacial score (nSPS) is 26.8. The molecule has 4 rings (SSSR count). The maximum absolute atomic E-state index is 13.5. The molecule has 158 valence electrons. The van der Waals surface area contributed by atoms with E-state index in [1.165, 1.54) is 5.56 Å². The first-order valence-electron chi connectivity index (χ1n) is 9.32. The summed E-state index contributed by atoms with van der Waals surface area (Å²) in [4.78, 5) is 35.5.